The molecule has 4 aromatic rings. The lowest BCUT2D eigenvalue weighted by Gasteiger charge is -2.10. The minimum Gasteiger partial charge on any atom is -0.361 e. The van der Waals surface area contributed by atoms with Crippen molar-refractivity contribution in [1.82, 2.24) is 5.16 Å². The lowest BCUT2D eigenvalue weighted by molar-refractivity contribution is 0.102. The van der Waals surface area contributed by atoms with Crippen molar-refractivity contribution in [3.63, 3.8) is 0 Å². The number of aromatic nitrogens is 1. The first-order chi connectivity index (χ1) is 13.6. The first kappa shape index (κ1) is 18.3. The van der Waals surface area contributed by atoms with Crippen molar-refractivity contribution in [1.29, 1.82) is 0 Å². The molecule has 140 valence electrons. The van der Waals surface area contributed by atoms with Crippen LogP contribution in [0.5, 0.6) is 0 Å². The molecule has 3 aromatic carbocycles. The van der Waals surface area contributed by atoms with Crippen LogP contribution in [0.3, 0.4) is 0 Å². The lowest BCUT2D eigenvalue weighted by Crippen LogP contribution is -2.13. The average Bonchev–Trinajstić information content (AvgIpc) is 3.04. The molecule has 1 aromatic heterocycles. The van der Waals surface area contributed by atoms with Crippen LogP contribution in [0, 0.1) is 13.8 Å². The van der Waals surface area contributed by atoms with Crippen molar-refractivity contribution in [3.8, 4) is 0 Å². The monoisotopic (exact) mass is 388 g/mol. The molecule has 1 N–H and O–H groups in total. The third-order valence-electron chi connectivity index (χ3n) is 4.69. The van der Waals surface area contributed by atoms with E-state index in [0.29, 0.717) is 11.3 Å². The number of fused-ring (bicyclic) bond motifs is 1. The second kappa shape index (κ2) is 7.90. The Balaban J connectivity index is 1.54. The van der Waals surface area contributed by atoms with Crippen LogP contribution in [0.2, 0.25) is 0 Å². The van der Waals surface area contributed by atoms with Crippen LogP contribution in [0.25, 0.3) is 10.8 Å². The molecule has 4 nitrogen and oxygen atoms in total. The molecule has 0 fully saturated rings. The van der Waals surface area contributed by atoms with E-state index in [2.05, 4.69) is 16.5 Å². The summed E-state index contributed by atoms with van der Waals surface area (Å²) in [5.41, 5.74) is 3.42. The summed E-state index contributed by atoms with van der Waals surface area (Å²) in [4.78, 5) is 13.8. The molecule has 5 heteroatoms. The molecule has 0 bridgehead atoms. The molecular formula is C23H20N2O2S. The summed E-state index contributed by atoms with van der Waals surface area (Å²) >= 11 is 1.61. The molecule has 0 saturated carbocycles. The van der Waals surface area contributed by atoms with Gasteiger partial charge in [0.05, 0.1) is 11.3 Å². The Kier molecular flexibility index (Phi) is 5.17. The number of carbonyl (C=O) groups excluding carboxylic acids is 1. The summed E-state index contributed by atoms with van der Waals surface area (Å²) in [5.74, 6) is 1.42. The van der Waals surface area contributed by atoms with Crippen LogP contribution in [-0.2, 0) is 5.75 Å². The maximum absolute atomic E-state index is 12.9. The van der Waals surface area contributed by atoms with Gasteiger partial charge in [-0.05, 0) is 48.9 Å². The van der Waals surface area contributed by atoms with E-state index in [1.807, 2.05) is 74.5 Å². The van der Waals surface area contributed by atoms with Crippen LogP contribution >= 0.6 is 11.8 Å². The van der Waals surface area contributed by atoms with Gasteiger partial charge in [-0.1, -0.05) is 47.6 Å². The Bertz CT molecular complexity index is 1130. The maximum Gasteiger partial charge on any atom is 0.256 e. The standard InChI is InChI=1S/C23H20N2O2S/c1-15-21(16(2)27-25-15)14-28-22-10-6-5-9-20(22)23(26)24-19-12-11-17-7-3-4-8-18(17)13-19/h3-13H,14H2,1-2H3,(H,24,26). The zero-order valence-electron chi connectivity index (χ0n) is 15.7. The summed E-state index contributed by atoms with van der Waals surface area (Å²) < 4.78 is 5.23. The highest BCUT2D eigenvalue weighted by molar-refractivity contribution is 7.98. The Morgan fingerprint density at radius 2 is 1.75 bits per heavy atom. The minimum absolute atomic E-state index is 0.114. The van der Waals surface area contributed by atoms with E-state index >= 15 is 0 Å². The van der Waals surface area contributed by atoms with Gasteiger partial charge in [-0.25, -0.2) is 0 Å². The highest BCUT2D eigenvalue weighted by Crippen LogP contribution is 2.29. The SMILES string of the molecule is Cc1noc(C)c1CSc1ccccc1C(=O)Nc1ccc2ccccc2c1. The quantitative estimate of drug-likeness (QED) is 0.427. The number of anilines is 1. The Hall–Kier alpha value is -3.05. The van der Waals surface area contributed by atoms with Gasteiger partial charge in [-0.3, -0.25) is 4.79 Å². The number of amides is 1. The Labute approximate surface area is 167 Å². The van der Waals surface area contributed by atoms with Gasteiger partial charge in [-0.15, -0.1) is 11.8 Å². The number of nitrogens with one attached hydrogen (secondary N) is 1. The summed E-state index contributed by atoms with van der Waals surface area (Å²) in [6.07, 6.45) is 0. The van der Waals surface area contributed by atoms with Crippen molar-refractivity contribution in [2.45, 2.75) is 24.5 Å². The predicted molar refractivity (Wildman–Crippen MR) is 114 cm³/mol. The number of hydrogen-bond donors (Lipinski definition) is 1. The van der Waals surface area contributed by atoms with Crippen molar-refractivity contribution >= 4 is 34.1 Å². The predicted octanol–water partition coefficient (Wildman–Crippen LogP) is 5.99. The Morgan fingerprint density at radius 3 is 2.54 bits per heavy atom. The van der Waals surface area contributed by atoms with Gasteiger partial charge in [0.25, 0.3) is 5.91 Å². The molecule has 0 unspecified atom stereocenters. The molecule has 0 spiro atoms. The van der Waals surface area contributed by atoms with Crippen LogP contribution in [0.15, 0.2) is 76.1 Å². The van der Waals surface area contributed by atoms with Gasteiger partial charge in [0.15, 0.2) is 0 Å². The summed E-state index contributed by atoms with van der Waals surface area (Å²) in [5, 5.41) is 9.27. The normalized spacial score (nSPS) is 10.9. The van der Waals surface area contributed by atoms with Gasteiger partial charge in [0.2, 0.25) is 0 Å². The number of hydrogen-bond acceptors (Lipinski definition) is 4. The smallest absolute Gasteiger partial charge is 0.256 e. The molecule has 1 heterocycles. The first-order valence-corrected chi connectivity index (χ1v) is 10.0. The fourth-order valence-electron chi connectivity index (χ4n) is 3.10. The highest BCUT2D eigenvalue weighted by atomic mass is 32.2. The van der Waals surface area contributed by atoms with E-state index in [0.717, 1.165) is 38.4 Å². The molecule has 1 amide bonds. The zero-order chi connectivity index (χ0) is 19.5. The summed E-state index contributed by atoms with van der Waals surface area (Å²) in [6.45, 7) is 3.85. The topological polar surface area (TPSA) is 55.1 Å². The van der Waals surface area contributed by atoms with E-state index in [1.54, 1.807) is 11.8 Å². The number of nitrogens with zero attached hydrogens (tertiary/aromatic N) is 1. The van der Waals surface area contributed by atoms with Crippen molar-refractivity contribution in [3.05, 3.63) is 89.3 Å². The van der Waals surface area contributed by atoms with Crippen LogP contribution < -0.4 is 5.32 Å². The maximum atomic E-state index is 12.9. The van der Waals surface area contributed by atoms with E-state index in [1.165, 1.54) is 0 Å². The second-order valence-electron chi connectivity index (χ2n) is 6.60. The third kappa shape index (κ3) is 3.80. The van der Waals surface area contributed by atoms with Crippen LogP contribution in [0.4, 0.5) is 5.69 Å². The number of thioether (sulfide) groups is 1. The second-order valence-corrected chi connectivity index (χ2v) is 7.62. The van der Waals surface area contributed by atoms with Gasteiger partial charge >= 0.3 is 0 Å². The van der Waals surface area contributed by atoms with Crippen LogP contribution in [0.1, 0.15) is 27.4 Å². The van der Waals surface area contributed by atoms with Crippen molar-refractivity contribution < 1.29 is 9.32 Å². The summed E-state index contributed by atoms with van der Waals surface area (Å²) in [6, 6.07) is 21.7. The number of rotatable bonds is 5. The van der Waals surface area contributed by atoms with E-state index in [9.17, 15) is 4.79 Å². The Morgan fingerprint density at radius 1 is 1.00 bits per heavy atom. The molecule has 0 radical (unpaired) electrons. The van der Waals surface area contributed by atoms with E-state index < -0.39 is 0 Å². The third-order valence-corrected chi connectivity index (χ3v) is 5.79. The number of aryl methyl sites for hydroxylation is 2. The fraction of sp³-hybridized carbons (Fsp3) is 0.130. The van der Waals surface area contributed by atoms with Gasteiger partial charge in [-0.2, -0.15) is 0 Å². The molecular weight excluding hydrogens is 368 g/mol. The first-order valence-electron chi connectivity index (χ1n) is 9.05. The molecule has 28 heavy (non-hydrogen) atoms. The molecule has 0 aliphatic heterocycles. The average molecular weight is 388 g/mol. The zero-order valence-corrected chi connectivity index (χ0v) is 16.5. The summed E-state index contributed by atoms with van der Waals surface area (Å²) in [7, 11) is 0. The molecule has 0 saturated heterocycles. The molecule has 0 aliphatic rings. The van der Waals surface area contributed by atoms with E-state index in [-0.39, 0.29) is 5.91 Å². The van der Waals surface area contributed by atoms with Crippen LogP contribution in [-0.4, -0.2) is 11.1 Å². The molecule has 4 rings (SSSR count). The minimum atomic E-state index is -0.114. The van der Waals surface area contributed by atoms with Crippen molar-refractivity contribution in [2.75, 3.05) is 5.32 Å². The number of carbonyl (C=O) groups is 1. The van der Waals surface area contributed by atoms with Gasteiger partial charge < -0.3 is 9.84 Å². The lowest BCUT2D eigenvalue weighted by atomic mass is 10.1. The molecule has 0 aliphatic carbocycles. The largest absolute Gasteiger partial charge is 0.361 e. The van der Waals surface area contributed by atoms with Gasteiger partial charge in [0, 0.05) is 21.9 Å². The van der Waals surface area contributed by atoms with E-state index in [4.69, 9.17) is 4.52 Å². The molecule has 0 atom stereocenters. The highest BCUT2D eigenvalue weighted by Gasteiger charge is 2.14. The number of benzene rings is 3. The van der Waals surface area contributed by atoms with Crippen molar-refractivity contribution in [2.24, 2.45) is 0 Å². The fourth-order valence-corrected chi connectivity index (χ4v) is 4.31. The van der Waals surface area contributed by atoms with Gasteiger partial charge in [0.1, 0.15) is 5.76 Å².